The highest BCUT2D eigenvalue weighted by Gasteiger charge is 2.17. The first-order valence-corrected chi connectivity index (χ1v) is 7.82. The highest BCUT2D eigenvalue weighted by molar-refractivity contribution is 6.39. The highest BCUT2D eigenvalue weighted by atomic mass is 16.6. The number of fused-ring (bicyclic) bond motifs is 1. The molecule has 0 bridgehead atoms. The molecule has 0 radical (unpaired) electrons. The molecule has 0 spiro atoms. The Kier molecular flexibility index (Phi) is 5.20. The molecule has 1 aromatic heterocycles. The summed E-state index contributed by atoms with van der Waals surface area (Å²) < 4.78 is 15.7. The average molecular weight is 346 g/mol. The lowest BCUT2D eigenvalue weighted by atomic mass is 10.1. The van der Waals surface area contributed by atoms with Crippen molar-refractivity contribution in [3.05, 3.63) is 42.4 Å². The van der Waals surface area contributed by atoms with E-state index < -0.39 is 17.9 Å². The van der Waals surface area contributed by atoms with Gasteiger partial charge >= 0.3 is 11.8 Å². The van der Waals surface area contributed by atoms with Crippen molar-refractivity contribution in [2.45, 2.75) is 12.5 Å². The molecule has 8 nitrogen and oxygen atoms in total. The van der Waals surface area contributed by atoms with Crippen LogP contribution < -0.4 is 20.1 Å². The van der Waals surface area contributed by atoms with Gasteiger partial charge in [0.2, 0.25) is 0 Å². The van der Waals surface area contributed by atoms with Crippen LogP contribution in [-0.2, 0) is 9.59 Å². The van der Waals surface area contributed by atoms with Crippen LogP contribution >= 0.6 is 0 Å². The number of nitrogens with one attached hydrogen (secondary N) is 2. The van der Waals surface area contributed by atoms with E-state index in [1.807, 2.05) is 0 Å². The molecule has 2 heterocycles. The molecule has 132 valence electrons. The molecule has 3 N–H and O–H groups in total. The Bertz CT molecular complexity index is 744. The zero-order valence-corrected chi connectivity index (χ0v) is 13.4. The summed E-state index contributed by atoms with van der Waals surface area (Å²) >= 11 is 0. The normalized spacial score (nSPS) is 13.8. The van der Waals surface area contributed by atoms with E-state index >= 15 is 0 Å². The number of aliphatic hydroxyl groups excluding tert-OH is 1. The number of carbonyl (C=O) groups excluding carboxylic acids is 2. The Morgan fingerprint density at radius 3 is 2.68 bits per heavy atom. The molecule has 25 heavy (non-hydrogen) atoms. The highest BCUT2D eigenvalue weighted by Crippen LogP contribution is 2.32. The van der Waals surface area contributed by atoms with Crippen LogP contribution in [0.25, 0.3) is 0 Å². The molecule has 2 aromatic rings. The van der Waals surface area contributed by atoms with Gasteiger partial charge in [-0.25, -0.2) is 0 Å². The van der Waals surface area contributed by atoms with Gasteiger partial charge in [0.1, 0.15) is 13.2 Å². The van der Waals surface area contributed by atoms with Gasteiger partial charge in [-0.05, 0) is 24.6 Å². The van der Waals surface area contributed by atoms with Crippen LogP contribution in [0.15, 0.2) is 41.2 Å². The van der Waals surface area contributed by atoms with Crippen molar-refractivity contribution in [3.63, 3.8) is 0 Å². The summed E-state index contributed by atoms with van der Waals surface area (Å²) in [5.74, 6) is -0.460. The second-order valence-electron chi connectivity index (χ2n) is 5.43. The van der Waals surface area contributed by atoms with E-state index in [2.05, 4.69) is 10.6 Å². The minimum atomic E-state index is -0.797. The standard InChI is InChI=1S/C17H18N2O6/c20-13(11-4-6-23-10-11)3-5-18-16(21)17(22)19-12-1-2-14-15(9-12)25-8-7-24-14/h1-2,4,6,9-10,13,20H,3,5,7-8H2,(H,18,21)(H,19,22). The summed E-state index contributed by atoms with van der Waals surface area (Å²) in [6, 6.07) is 6.54. The lowest BCUT2D eigenvalue weighted by Crippen LogP contribution is -2.36. The van der Waals surface area contributed by atoms with Crippen LogP contribution in [0.5, 0.6) is 11.5 Å². The Hall–Kier alpha value is -3.00. The van der Waals surface area contributed by atoms with Gasteiger partial charge in [-0.15, -0.1) is 0 Å². The molecular formula is C17H18N2O6. The lowest BCUT2D eigenvalue weighted by Gasteiger charge is -2.18. The molecule has 1 unspecified atom stereocenters. The Morgan fingerprint density at radius 2 is 1.92 bits per heavy atom. The van der Waals surface area contributed by atoms with Gasteiger partial charge in [0.15, 0.2) is 11.5 Å². The van der Waals surface area contributed by atoms with Gasteiger partial charge in [0.25, 0.3) is 0 Å². The molecule has 1 aliphatic rings. The second-order valence-corrected chi connectivity index (χ2v) is 5.43. The van der Waals surface area contributed by atoms with Crippen LogP contribution in [-0.4, -0.2) is 36.7 Å². The van der Waals surface area contributed by atoms with Crippen LogP contribution in [0, 0.1) is 0 Å². The first kappa shape index (κ1) is 16.8. The molecule has 1 atom stereocenters. The Labute approximate surface area is 143 Å². The number of aliphatic hydroxyl groups is 1. The predicted molar refractivity (Wildman–Crippen MR) is 87.4 cm³/mol. The first-order chi connectivity index (χ1) is 12.1. The fourth-order valence-electron chi connectivity index (χ4n) is 2.34. The summed E-state index contributed by atoms with van der Waals surface area (Å²) in [5.41, 5.74) is 1.05. The number of hydrogen-bond donors (Lipinski definition) is 3. The van der Waals surface area contributed by atoms with E-state index in [0.717, 1.165) is 0 Å². The summed E-state index contributed by atoms with van der Waals surface area (Å²) in [6.45, 7) is 1.06. The van der Waals surface area contributed by atoms with Crippen molar-refractivity contribution >= 4 is 17.5 Å². The van der Waals surface area contributed by atoms with Crippen molar-refractivity contribution in [2.24, 2.45) is 0 Å². The summed E-state index contributed by atoms with van der Waals surface area (Å²) in [4.78, 5) is 23.7. The molecule has 0 aliphatic carbocycles. The lowest BCUT2D eigenvalue weighted by molar-refractivity contribution is -0.136. The van der Waals surface area contributed by atoms with Crippen molar-refractivity contribution in [3.8, 4) is 11.5 Å². The van der Waals surface area contributed by atoms with Crippen LogP contribution in [0.4, 0.5) is 5.69 Å². The number of ether oxygens (including phenoxy) is 2. The number of carbonyl (C=O) groups is 2. The van der Waals surface area contributed by atoms with Gasteiger partial charge in [0.05, 0.1) is 18.6 Å². The fraction of sp³-hybridized carbons (Fsp3) is 0.294. The second kappa shape index (κ2) is 7.71. The van der Waals surface area contributed by atoms with E-state index in [1.165, 1.54) is 12.5 Å². The quantitative estimate of drug-likeness (QED) is 0.703. The third kappa shape index (κ3) is 4.30. The van der Waals surface area contributed by atoms with Gasteiger partial charge in [-0.2, -0.15) is 0 Å². The third-order valence-electron chi connectivity index (χ3n) is 3.64. The maximum absolute atomic E-state index is 11.9. The topological polar surface area (TPSA) is 110 Å². The van der Waals surface area contributed by atoms with Crippen LogP contribution in [0.3, 0.4) is 0 Å². The molecule has 0 saturated carbocycles. The zero-order chi connectivity index (χ0) is 17.6. The molecular weight excluding hydrogens is 328 g/mol. The van der Waals surface area contributed by atoms with Gasteiger partial charge in [-0.1, -0.05) is 0 Å². The van der Waals surface area contributed by atoms with E-state index in [9.17, 15) is 14.7 Å². The van der Waals surface area contributed by atoms with Crippen molar-refractivity contribution in [1.82, 2.24) is 5.32 Å². The molecule has 1 aliphatic heterocycles. The number of benzene rings is 1. The van der Waals surface area contributed by atoms with Gasteiger partial charge in [0, 0.05) is 23.9 Å². The van der Waals surface area contributed by atoms with Crippen LogP contribution in [0.1, 0.15) is 18.1 Å². The maximum Gasteiger partial charge on any atom is 0.313 e. The average Bonchev–Trinajstić information content (AvgIpc) is 3.16. The maximum atomic E-state index is 11.9. The van der Waals surface area contributed by atoms with Crippen molar-refractivity contribution in [2.75, 3.05) is 25.1 Å². The van der Waals surface area contributed by atoms with E-state index in [4.69, 9.17) is 13.9 Å². The number of amides is 2. The van der Waals surface area contributed by atoms with E-state index in [1.54, 1.807) is 24.3 Å². The fourth-order valence-corrected chi connectivity index (χ4v) is 2.34. The van der Waals surface area contributed by atoms with Gasteiger partial charge < -0.3 is 29.6 Å². The Balaban J connectivity index is 1.47. The molecule has 8 heteroatoms. The number of hydrogen-bond acceptors (Lipinski definition) is 6. The van der Waals surface area contributed by atoms with E-state index in [0.29, 0.717) is 36.0 Å². The summed E-state index contributed by atoms with van der Waals surface area (Å²) in [6.07, 6.45) is 2.39. The molecule has 0 fully saturated rings. The minimum absolute atomic E-state index is 0.153. The summed E-state index contributed by atoms with van der Waals surface area (Å²) in [5, 5.41) is 14.8. The zero-order valence-electron chi connectivity index (χ0n) is 13.4. The van der Waals surface area contributed by atoms with Crippen LogP contribution in [0.2, 0.25) is 0 Å². The number of furan rings is 1. The SMILES string of the molecule is O=C(NCCC(O)c1ccoc1)C(=O)Nc1ccc2c(c1)OCCO2. The Morgan fingerprint density at radius 1 is 1.12 bits per heavy atom. The smallest absolute Gasteiger partial charge is 0.313 e. The van der Waals surface area contributed by atoms with Crippen molar-refractivity contribution < 1.29 is 28.6 Å². The molecule has 2 amide bonds. The summed E-state index contributed by atoms with van der Waals surface area (Å²) in [7, 11) is 0. The van der Waals surface area contributed by atoms with E-state index in [-0.39, 0.29) is 13.0 Å². The van der Waals surface area contributed by atoms with Crippen molar-refractivity contribution in [1.29, 1.82) is 0 Å². The molecule has 1 aromatic carbocycles. The largest absolute Gasteiger partial charge is 0.486 e. The number of rotatable bonds is 5. The molecule has 0 saturated heterocycles. The first-order valence-electron chi connectivity index (χ1n) is 7.82. The molecule has 3 rings (SSSR count). The predicted octanol–water partition coefficient (Wildman–Crippen LogP) is 1.23. The number of anilines is 1. The van der Waals surface area contributed by atoms with Gasteiger partial charge in [-0.3, -0.25) is 9.59 Å². The minimum Gasteiger partial charge on any atom is -0.486 e. The third-order valence-corrected chi connectivity index (χ3v) is 3.64. The monoisotopic (exact) mass is 346 g/mol.